The predicted octanol–water partition coefficient (Wildman–Crippen LogP) is 3.61. The average molecular weight is 399 g/mol. The van der Waals surface area contributed by atoms with E-state index in [1.807, 2.05) is 19.1 Å². The van der Waals surface area contributed by atoms with Gasteiger partial charge in [-0.15, -0.1) is 0 Å². The van der Waals surface area contributed by atoms with Crippen molar-refractivity contribution in [3.63, 3.8) is 0 Å². The zero-order valence-corrected chi connectivity index (χ0v) is 15.6. The fraction of sp³-hybridized carbons (Fsp3) is 0.438. The van der Waals surface area contributed by atoms with Gasteiger partial charge in [-0.25, -0.2) is 4.98 Å². The number of nitrogens with zero attached hydrogens (tertiary/aromatic N) is 2. The molecular formula is C16H19BrN2O3S. The predicted molar refractivity (Wildman–Crippen MR) is 96.0 cm³/mol. The number of fused-ring (bicyclic) bond motifs is 1. The van der Waals surface area contributed by atoms with E-state index in [1.165, 1.54) is 11.8 Å². The number of esters is 1. The molecule has 124 valence electrons. The minimum Gasteiger partial charge on any atom is -0.466 e. The number of rotatable bonds is 7. The van der Waals surface area contributed by atoms with Gasteiger partial charge in [-0.2, -0.15) is 0 Å². The molecule has 0 radical (unpaired) electrons. The molecule has 0 atom stereocenters. The molecule has 1 aromatic heterocycles. The number of carbonyl (C=O) groups excluding carboxylic acids is 1. The first kappa shape index (κ1) is 18.0. The summed E-state index contributed by atoms with van der Waals surface area (Å²) in [6.45, 7) is 4.69. The Balaban J connectivity index is 2.15. The number of carbonyl (C=O) groups is 1. The lowest BCUT2D eigenvalue weighted by molar-refractivity contribution is -0.143. The van der Waals surface area contributed by atoms with E-state index in [0.29, 0.717) is 47.8 Å². The lowest BCUT2D eigenvalue weighted by Gasteiger charge is -2.11. The van der Waals surface area contributed by atoms with Crippen LogP contribution in [0.4, 0.5) is 0 Å². The summed E-state index contributed by atoms with van der Waals surface area (Å²) >= 11 is 4.88. The number of halogens is 1. The second kappa shape index (κ2) is 8.49. The smallest absolute Gasteiger partial charge is 0.305 e. The van der Waals surface area contributed by atoms with Gasteiger partial charge in [0.05, 0.1) is 17.5 Å². The maximum Gasteiger partial charge on any atom is 0.305 e. The molecule has 0 aliphatic rings. The Bertz CT molecular complexity index is 761. The molecule has 0 amide bonds. The Morgan fingerprint density at radius 2 is 2.17 bits per heavy atom. The van der Waals surface area contributed by atoms with Crippen molar-refractivity contribution in [2.75, 3.05) is 12.4 Å². The van der Waals surface area contributed by atoms with E-state index < -0.39 is 0 Å². The SMILES string of the molecule is CCOC(=O)CCCSc1nc2ccc(Br)cc2c(=O)n1CC. The molecule has 2 rings (SSSR count). The van der Waals surface area contributed by atoms with E-state index >= 15 is 0 Å². The van der Waals surface area contributed by atoms with Gasteiger partial charge in [0.1, 0.15) is 0 Å². The molecule has 0 N–H and O–H groups in total. The zero-order chi connectivity index (χ0) is 16.8. The van der Waals surface area contributed by atoms with Crippen LogP contribution in [0.1, 0.15) is 26.7 Å². The Kier molecular flexibility index (Phi) is 6.65. The van der Waals surface area contributed by atoms with E-state index in [2.05, 4.69) is 20.9 Å². The molecule has 0 unspecified atom stereocenters. The van der Waals surface area contributed by atoms with Crippen LogP contribution in [-0.2, 0) is 16.1 Å². The van der Waals surface area contributed by atoms with Crippen LogP contribution in [0, 0.1) is 0 Å². The van der Waals surface area contributed by atoms with Crippen molar-refractivity contribution in [3.8, 4) is 0 Å². The van der Waals surface area contributed by atoms with Gasteiger partial charge in [0.25, 0.3) is 5.56 Å². The van der Waals surface area contributed by atoms with Crippen molar-refractivity contribution in [2.45, 2.75) is 38.4 Å². The minimum atomic E-state index is -0.183. The number of ether oxygens (including phenoxy) is 1. The Morgan fingerprint density at radius 3 is 2.87 bits per heavy atom. The molecular weight excluding hydrogens is 380 g/mol. The monoisotopic (exact) mass is 398 g/mol. The standard InChI is InChI=1S/C16H19BrN2O3S/c1-3-19-15(21)12-10-11(17)7-8-13(12)18-16(19)23-9-5-6-14(20)22-4-2/h7-8,10H,3-6,9H2,1-2H3. The fourth-order valence-electron chi connectivity index (χ4n) is 2.17. The Hall–Kier alpha value is -1.34. The Labute approximate surface area is 147 Å². The van der Waals surface area contributed by atoms with Gasteiger partial charge < -0.3 is 4.74 Å². The third-order valence-corrected chi connectivity index (χ3v) is 4.82. The molecule has 0 spiro atoms. The summed E-state index contributed by atoms with van der Waals surface area (Å²) in [5.74, 6) is 0.533. The van der Waals surface area contributed by atoms with Crippen LogP contribution in [0.3, 0.4) is 0 Å². The summed E-state index contributed by atoms with van der Waals surface area (Å²) in [5.41, 5.74) is 0.655. The molecule has 0 saturated carbocycles. The summed E-state index contributed by atoms with van der Waals surface area (Å²) in [4.78, 5) is 28.5. The van der Waals surface area contributed by atoms with Gasteiger partial charge in [0.2, 0.25) is 0 Å². The van der Waals surface area contributed by atoms with Crippen molar-refractivity contribution in [1.29, 1.82) is 0 Å². The average Bonchev–Trinajstić information content (AvgIpc) is 2.53. The molecule has 1 heterocycles. The summed E-state index contributed by atoms with van der Waals surface area (Å²) in [6, 6.07) is 5.51. The zero-order valence-electron chi connectivity index (χ0n) is 13.2. The summed E-state index contributed by atoms with van der Waals surface area (Å²) < 4.78 is 7.44. The number of hydrogen-bond acceptors (Lipinski definition) is 5. The molecule has 23 heavy (non-hydrogen) atoms. The highest BCUT2D eigenvalue weighted by molar-refractivity contribution is 9.10. The Morgan fingerprint density at radius 1 is 1.39 bits per heavy atom. The molecule has 0 bridgehead atoms. The number of aromatic nitrogens is 2. The molecule has 0 saturated heterocycles. The molecule has 0 aliphatic heterocycles. The second-order valence-electron chi connectivity index (χ2n) is 4.86. The van der Waals surface area contributed by atoms with Crippen molar-refractivity contribution in [3.05, 3.63) is 33.0 Å². The first-order valence-electron chi connectivity index (χ1n) is 7.55. The first-order valence-corrected chi connectivity index (χ1v) is 9.33. The fourth-order valence-corrected chi connectivity index (χ4v) is 3.54. The van der Waals surface area contributed by atoms with Crippen molar-refractivity contribution < 1.29 is 9.53 Å². The normalized spacial score (nSPS) is 10.9. The van der Waals surface area contributed by atoms with Crippen molar-refractivity contribution in [1.82, 2.24) is 9.55 Å². The van der Waals surface area contributed by atoms with Gasteiger partial charge in [-0.05, 0) is 38.5 Å². The molecule has 5 nitrogen and oxygen atoms in total. The molecule has 7 heteroatoms. The summed E-state index contributed by atoms with van der Waals surface area (Å²) in [7, 11) is 0. The van der Waals surface area contributed by atoms with Gasteiger partial charge >= 0.3 is 5.97 Å². The van der Waals surface area contributed by atoms with Gasteiger partial charge in [0, 0.05) is 23.2 Å². The quantitative estimate of drug-likeness (QED) is 0.308. The number of hydrogen-bond donors (Lipinski definition) is 0. The van der Waals surface area contributed by atoms with Crippen molar-refractivity contribution >= 4 is 44.6 Å². The summed E-state index contributed by atoms with van der Waals surface area (Å²) in [6.07, 6.45) is 1.08. The van der Waals surface area contributed by atoms with E-state index in [-0.39, 0.29) is 11.5 Å². The lowest BCUT2D eigenvalue weighted by Crippen LogP contribution is -2.22. The number of benzene rings is 1. The lowest BCUT2D eigenvalue weighted by atomic mass is 10.2. The van der Waals surface area contributed by atoms with Crippen LogP contribution in [0.5, 0.6) is 0 Å². The second-order valence-corrected chi connectivity index (χ2v) is 6.84. The van der Waals surface area contributed by atoms with E-state index in [1.54, 1.807) is 17.6 Å². The van der Waals surface area contributed by atoms with Crippen LogP contribution in [-0.4, -0.2) is 27.9 Å². The molecule has 1 aromatic carbocycles. The maximum atomic E-state index is 12.6. The topological polar surface area (TPSA) is 61.2 Å². The van der Waals surface area contributed by atoms with Crippen LogP contribution < -0.4 is 5.56 Å². The van der Waals surface area contributed by atoms with Crippen LogP contribution >= 0.6 is 27.7 Å². The van der Waals surface area contributed by atoms with E-state index in [4.69, 9.17) is 4.74 Å². The van der Waals surface area contributed by atoms with Gasteiger partial charge in [-0.1, -0.05) is 27.7 Å². The van der Waals surface area contributed by atoms with Gasteiger partial charge in [0.15, 0.2) is 5.16 Å². The minimum absolute atomic E-state index is 0.0355. The third-order valence-electron chi connectivity index (χ3n) is 3.26. The highest BCUT2D eigenvalue weighted by Gasteiger charge is 2.11. The van der Waals surface area contributed by atoms with Crippen molar-refractivity contribution in [2.24, 2.45) is 0 Å². The highest BCUT2D eigenvalue weighted by atomic mass is 79.9. The van der Waals surface area contributed by atoms with Gasteiger partial charge in [-0.3, -0.25) is 14.2 Å². The largest absolute Gasteiger partial charge is 0.466 e. The van der Waals surface area contributed by atoms with Crippen LogP contribution in [0.15, 0.2) is 32.6 Å². The van der Waals surface area contributed by atoms with Crippen LogP contribution in [0.25, 0.3) is 10.9 Å². The third kappa shape index (κ3) is 4.57. The van der Waals surface area contributed by atoms with E-state index in [0.717, 1.165) is 4.47 Å². The maximum absolute atomic E-state index is 12.6. The van der Waals surface area contributed by atoms with E-state index in [9.17, 15) is 9.59 Å². The highest BCUT2D eigenvalue weighted by Crippen LogP contribution is 2.21. The summed E-state index contributed by atoms with van der Waals surface area (Å²) in [5, 5.41) is 1.30. The number of thioether (sulfide) groups is 1. The molecule has 0 aliphatic carbocycles. The first-order chi connectivity index (χ1) is 11.1. The van der Waals surface area contributed by atoms with Crippen LogP contribution in [0.2, 0.25) is 0 Å². The molecule has 2 aromatic rings. The molecule has 0 fully saturated rings.